The monoisotopic (exact) mass is 328 g/mol. The van der Waals surface area contributed by atoms with Gasteiger partial charge >= 0.3 is 0 Å². The number of carbonyl (C=O) groups is 1. The fraction of sp³-hybridized carbons (Fsp3) is 0.353. The van der Waals surface area contributed by atoms with Crippen LogP contribution in [-0.2, 0) is 0 Å². The van der Waals surface area contributed by atoms with E-state index < -0.39 is 0 Å². The quantitative estimate of drug-likeness (QED) is 0.908. The van der Waals surface area contributed by atoms with Crippen LogP contribution >= 0.6 is 0 Å². The number of aromatic nitrogens is 2. The molecule has 7 nitrogen and oxygen atoms in total. The molecule has 0 radical (unpaired) electrons. The fourth-order valence-electron chi connectivity index (χ4n) is 2.63. The van der Waals surface area contributed by atoms with Gasteiger partial charge in [-0.2, -0.15) is 0 Å². The normalized spacial score (nSPS) is 13.7. The van der Waals surface area contributed by atoms with Crippen LogP contribution in [0, 0.1) is 0 Å². The third kappa shape index (κ3) is 3.40. The fourth-order valence-corrected chi connectivity index (χ4v) is 2.63. The lowest BCUT2D eigenvalue weighted by Crippen LogP contribution is -2.22. The second kappa shape index (κ2) is 7.16. The largest absolute Gasteiger partial charge is 0.497 e. The van der Waals surface area contributed by atoms with Gasteiger partial charge in [-0.25, -0.2) is 9.97 Å². The molecule has 0 unspecified atom stereocenters. The molecular weight excluding hydrogens is 308 g/mol. The van der Waals surface area contributed by atoms with Crippen LogP contribution in [0.15, 0.2) is 30.5 Å². The molecule has 0 spiro atoms. The number of methoxy groups -OCH3 is 2. The molecule has 1 aromatic carbocycles. The molecule has 1 fully saturated rings. The molecule has 1 aliphatic rings. The summed E-state index contributed by atoms with van der Waals surface area (Å²) in [6.07, 6.45) is 3.87. The third-order valence-electron chi connectivity index (χ3n) is 3.92. The highest BCUT2D eigenvalue weighted by Crippen LogP contribution is 2.29. The first kappa shape index (κ1) is 16.0. The highest BCUT2D eigenvalue weighted by molar-refractivity contribution is 6.03. The van der Waals surface area contributed by atoms with Crippen molar-refractivity contribution in [1.29, 1.82) is 0 Å². The van der Waals surface area contributed by atoms with E-state index in [-0.39, 0.29) is 5.91 Å². The summed E-state index contributed by atoms with van der Waals surface area (Å²) in [7, 11) is 3.12. The lowest BCUT2D eigenvalue weighted by atomic mass is 10.2. The van der Waals surface area contributed by atoms with Gasteiger partial charge < -0.3 is 19.7 Å². The van der Waals surface area contributed by atoms with Gasteiger partial charge in [-0.05, 0) is 31.0 Å². The Morgan fingerprint density at radius 2 is 1.96 bits per heavy atom. The average Bonchev–Trinajstić information content (AvgIpc) is 3.17. The molecule has 126 valence electrons. The molecule has 3 rings (SSSR count). The van der Waals surface area contributed by atoms with Gasteiger partial charge in [-0.15, -0.1) is 0 Å². The first-order chi connectivity index (χ1) is 11.7. The summed E-state index contributed by atoms with van der Waals surface area (Å²) in [5.41, 5.74) is 0.884. The second-order valence-electron chi connectivity index (χ2n) is 5.46. The van der Waals surface area contributed by atoms with Crippen LogP contribution in [-0.4, -0.2) is 43.2 Å². The first-order valence-electron chi connectivity index (χ1n) is 7.82. The van der Waals surface area contributed by atoms with E-state index in [4.69, 9.17) is 9.47 Å². The number of carbonyl (C=O) groups excluding carboxylic acids is 1. The van der Waals surface area contributed by atoms with Gasteiger partial charge in [0.1, 0.15) is 17.2 Å². The van der Waals surface area contributed by atoms with E-state index in [0.717, 1.165) is 25.9 Å². The van der Waals surface area contributed by atoms with Crippen molar-refractivity contribution in [3.8, 4) is 11.5 Å². The summed E-state index contributed by atoms with van der Waals surface area (Å²) in [4.78, 5) is 23.2. The molecule has 2 heterocycles. The van der Waals surface area contributed by atoms with Crippen LogP contribution in [0.1, 0.15) is 23.3 Å². The Bertz CT molecular complexity index is 730. The molecule has 0 saturated carbocycles. The number of hydrogen-bond acceptors (Lipinski definition) is 6. The maximum absolute atomic E-state index is 12.5. The van der Waals surface area contributed by atoms with E-state index >= 15 is 0 Å². The van der Waals surface area contributed by atoms with Gasteiger partial charge in [-0.3, -0.25) is 4.79 Å². The van der Waals surface area contributed by atoms with Gasteiger partial charge in [0.05, 0.1) is 19.9 Å². The van der Waals surface area contributed by atoms with Crippen molar-refractivity contribution in [1.82, 2.24) is 9.97 Å². The SMILES string of the molecule is COc1ccc(NC(=O)c2ccnc(N3CCCC3)n2)c(OC)c1. The molecule has 1 aromatic heterocycles. The molecular formula is C17H20N4O3. The van der Waals surface area contributed by atoms with E-state index in [9.17, 15) is 4.79 Å². The maximum Gasteiger partial charge on any atom is 0.274 e. The molecule has 7 heteroatoms. The minimum absolute atomic E-state index is 0.304. The van der Waals surface area contributed by atoms with Crippen molar-refractivity contribution in [2.45, 2.75) is 12.8 Å². The molecule has 24 heavy (non-hydrogen) atoms. The zero-order chi connectivity index (χ0) is 16.9. The number of amides is 1. The Labute approximate surface area is 140 Å². The highest BCUT2D eigenvalue weighted by Gasteiger charge is 2.17. The number of rotatable bonds is 5. The lowest BCUT2D eigenvalue weighted by molar-refractivity contribution is 0.102. The zero-order valence-electron chi connectivity index (χ0n) is 13.8. The lowest BCUT2D eigenvalue weighted by Gasteiger charge is -2.15. The minimum atomic E-state index is -0.304. The molecule has 0 aliphatic carbocycles. The molecule has 1 amide bonds. The van der Waals surface area contributed by atoms with Crippen LogP contribution in [0.3, 0.4) is 0 Å². The van der Waals surface area contributed by atoms with E-state index in [0.29, 0.717) is 28.8 Å². The number of anilines is 2. The molecule has 0 bridgehead atoms. The molecule has 0 atom stereocenters. The van der Waals surface area contributed by atoms with Crippen molar-refractivity contribution in [3.05, 3.63) is 36.2 Å². The molecule has 1 saturated heterocycles. The van der Waals surface area contributed by atoms with E-state index in [2.05, 4.69) is 20.2 Å². The zero-order valence-corrected chi connectivity index (χ0v) is 13.8. The number of nitrogens with zero attached hydrogens (tertiary/aromatic N) is 3. The number of benzene rings is 1. The summed E-state index contributed by atoms with van der Waals surface area (Å²) in [5.74, 6) is 1.47. The van der Waals surface area contributed by atoms with Crippen LogP contribution in [0.25, 0.3) is 0 Å². The topological polar surface area (TPSA) is 76.6 Å². The van der Waals surface area contributed by atoms with Gasteiger partial charge in [0, 0.05) is 25.4 Å². The number of hydrogen-bond donors (Lipinski definition) is 1. The molecule has 2 aromatic rings. The molecule has 1 aliphatic heterocycles. The Hall–Kier alpha value is -2.83. The summed E-state index contributed by atoms with van der Waals surface area (Å²) < 4.78 is 10.4. The minimum Gasteiger partial charge on any atom is -0.497 e. The number of nitrogens with one attached hydrogen (secondary N) is 1. The van der Waals surface area contributed by atoms with Crippen molar-refractivity contribution in [2.75, 3.05) is 37.5 Å². The van der Waals surface area contributed by atoms with Gasteiger partial charge in [0.15, 0.2) is 0 Å². The van der Waals surface area contributed by atoms with Gasteiger partial charge in [0.25, 0.3) is 5.91 Å². The van der Waals surface area contributed by atoms with Crippen LogP contribution < -0.4 is 19.7 Å². The Kier molecular flexibility index (Phi) is 4.79. The Balaban J connectivity index is 1.78. The van der Waals surface area contributed by atoms with Crippen LogP contribution in [0.5, 0.6) is 11.5 Å². The number of ether oxygens (including phenoxy) is 2. The predicted molar refractivity (Wildman–Crippen MR) is 91.0 cm³/mol. The van der Waals surface area contributed by atoms with Crippen molar-refractivity contribution in [3.63, 3.8) is 0 Å². The molecule has 1 N–H and O–H groups in total. The second-order valence-corrected chi connectivity index (χ2v) is 5.46. The standard InChI is InChI=1S/C17H20N4O3/c1-23-12-5-6-13(15(11-12)24-2)19-16(22)14-7-8-18-17(20-14)21-9-3-4-10-21/h5-8,11H,3-4,9-10H2,1-2H3,(H,19,22). The summed E-state index contributed by atoms with van der Waals surface area (Å²) in [6.45, 7) is 1.86. The average molecular weight is 328 g/mol. The van der Waals surface area contributed by atoms with Gasteiger partial charge in [0.2, 0.25) is 5.95 Å². The third-order valence-corrected chi connectivity index (χ3v) is 3.92. The Morgan fingerprint density at radius 3 is 2.67 bits per heavy atom. The van der Waals surface area contributed by atoms with Crippen molar-refractivity contribution in [2.24, 2.45) is 0 Å². The maximum atomic E-state index is 12.5. The summed E-state index contributed by atoms with van der Waals surface area (Å²) in [6, 6.07) is 6.81. The highest BCUT2D eigenvalue weighted by atomic mass is 16.5. The van der Waals surface area contributed by atoms with Crippen molar-refractivity contribution < 1.29 is 14.3 Å². The van der Waals surface area contributed by atoms with Crippen LogP contribution in [0.2, 0.25) is 0 Å². The van der Waals surface area contributed by atoms with Crippen LogP contribution in [0.4, 0.5) is 11.6 Å². The summed E-state index contributed by atoms with van der Waals surface area (Å²) >= 11 is 0. The summed E-state index contributed by atoms with van der Waals surface area (Å²) in [5, 5.41) is 2.82. The Morgan fingerprint density at radius 1 is 1.17 bits per heavy atom. The smallest absolute Gasteiger partial charge is 0.274 e. The predicted octanol–water partition coefficient (Wildman–Crippen LogP) is 2.35. The van der Waals surface area contributed by atoms with Gasteiger partial charge in [-0.1, -0.05) is 0 Å². The van der Waals surface area contributed by atoms with E-state index in [1.165, 1.54) is 0 Å². The van der Waals surface area contributed by atoms with Crippen molar-refractivity contribution >= 4 is 17.5 Å². The van der Waals surface area contributed by atoms with E-state index in [1.807, 2.05) is 0 Å². The first-order valence-corrected chi connectivity index (χ1v) is 7.82. The van der Waals surface area contributed by atoms with E-state index in [1.54, 1.807) is 44.7 Å².